The Labute approximate surface area is 248 Å². The molecule has 0 aliphatic carbocycles. The van der Waals surface area contributed by atoms with Gasteiger partial charge in [-0.15, -0.1) is 0 Å². The number of aliphatic carboxylic acids is 1. The van der Waals surface area contributed by atoms with E-state index >= 15 is 0 Å². The van der Waals surface area contributed by atoms with E-state index in [4.69, 9.17) is 9.16 Å². The first-order valence-electron chi connectivity index (χ1n) is 15.1. The molecule has 5 heteroatoms. The molecule has 0 bridgehead atoms. The number of carboxylic acid groups (broad SMARTS) is 1. The van der Waals surface area contributed by atoms with E-state index in [9.17, 15) is 9.90 Å². The summed E-state index contributed by atoms with van der Waals surface area (Å²) in [6, 6.07) is 27.5. The van der Waals surface area contributed by atoms with Crippen molar-refractivity contribution in [3.05, 3.63) is 90.0 Å². The second kappa shape index (κ2) is 12.1. The lowest BCUT2D eigenvalue weighted by atomic mass is 9.49. The Morgan fingerprint density at radius 3 is 2.00 bits per heavy atom. The van der Waals surface area contributed by atoms with Crippen molar-refractivity contribution < 1.29 is 19.1 Å². The van der Waals surface area contributed by atoms with Crippen molar-refractivity contribution in [2.24, 2.45) is 5.41 Å². The first-order chi connectivity index (χ1) is 19.4. The molecule has 4 rings (SSSR count). The summed E-state index contributed by atoms with van der Waals surface area (Å²) < 4.78 is 14.6. The molecule has 1 heterocycles. The number of carbonyl (C=O) groups is 1. The van der Waals surface area contributed by atoms with Gasteiger partial charge in [0, 0.05) is 17.4 Å². The molecule has 1 aliphatic heterocycles. The number of fused-ring (bicyclic) bond motifs is 1. The molecule has 1 N–H and O–H groups in total. The Balaban J connectivity index is 1.96. The lowest BCUT2D eigenvalue weighted by Crippen LogP contribution is -2.74. The Morgan fingerprint density at radius 2 is 1.49 bits per heavy atom. The Kier molecular flexibility index (Phi) is 9.20. The molecule has 219 valence electrons. The van der Waals surface area contributed by atoms with Gasteiger partial charge < -0.3 is 14.3 Å². The van der Waals surface area contributed by atoms with Gasteiger partial charge in [-0.1, -0.05) is 120 Å². The van der Waals surface area contributed by atoms with Gasteiger partial charge in [-0.3, -0.25) is 4.79 Å². The van der Waals surface area contributed by atoms with Gasteiger partial charge in [0.2, 0.25) is 0 Å². The number of unbranched alkanes of at least 4 members (excludes halogenated alkanes) is 2. The van der Waals surface area contributed by atoms with Crippen LogP contribution in [0.2, 0.25) is 0 Å². The standard InChI is InChI=1S/C36H47O4Si/c1-8-9-12-17-27-22-23-30-31(26-27)39-34(5,6)36(25-24-32(37)38,35(30,7)33(2,3)4)40-41(28-18-13-10-14-19-28)29-20-15-11-16-21-29/h10-11,13-16,18-23,26H,8-9,12,17,24-25H2,1-7H3,(H,37,38). The number of hydrogen-bond acceptors (Lipinski definition) is 3. The maximum Gasteiger partial charge on any atom is 0.303 e. The summed E-state index contributed by atoms with van der Waals surface area (Å²) in [5.74, 6) is 0.0643. The maximum absolute atomic E-state index is 12.2. The second-order valence-corrected chi connectivity index (χ2v) is 15.2. The van der Waals surface area contributed by atoms with Gasteiger partial charge in [0.25, 0.3) is 9.04 Å². The molecule has 41 heavy (non-hydrogen) atoms. The van der Waals surface area contributed by atoms with Gasteiger partial charge in [0.15, 0.2) is 0 Å². The Morgan fingerprint density at radius 1 is 0.902 bits per heavy atom. The molecule has 1 radical (unpaired) electrons. The highest BCUT2D eigenvalue weighted by Gasteiger charge is 2.68. The molecule has 4 nitrogen and oxygen atoms in total. The first-order valence-corrected chi connectivity index (χ1v) is 16.5. The number of ether oxygens (including phenoxy) is 1. The summed E-state index contributed by atoms with van der Waals surface area (Å²) in [5, 5.41) is 12.3. The largest absolute Gasteiger partial charge is 0.485 e. The molecule has 0 spiro atoms. The number of benzene rings is 3. The third-order valence-electron chi connectivity index (χ3n) is 9.34. The summed E-state index contributed by atoms with van der Waals surface area (Å²) in [5.41, 5.74) is -0.260. The molecule has 2 atom stereocenters. The van der Waals surface area contributed by atoms with Crippen molar-refractivity contribution in [2.75, 3.05) is 0 Å². The molecule has 3 aromatic rings. The Hall–Kier alpha value is -2.89. The lowest BCUT2D eigenvalue weighted by molar-refractivity contribution is -0.190. The van der Waals surface area contributed by atoms with Crippen LogP contribution in [0.5, 0.6) is 5.75 Å². The molecule has 3 aromatic carbocycles. The van der Waals surface area contributed by atoms with E-state index in [0.29, 0.717) is 6.42 Å². The van der Waals surface area contributed by atoms with E-state index in [2.05, 4.69) is 115 Å². The minimum Gasteiger partial charge on any atom is -0.485 e. The van der Waals surface area contributed by atoms with Crippen LogP contribution in [-0.4, -0.2) is 31.3 Å². The zero-order chi connectivity index (χ0) is 29.9. The van der Waals surface area contributed by atoms with Crippen LogP contribution < -0.4 is 15.1 Å². The fourth-order valence-electron chi connectivity index (χ4n) is 6.73. The third kappa shape index (κ3) is 5.89. The fourth-order valence-corrected chi connectivity index (χ4v) is 9.19. The average Bonchev–Trinajstić information content (AvgIpc) is 2.92. The topological polar surface area (TPSA) is 55.8 Å². The van der Waals surface area contributed by atoms with Gasteiger partial charge in [0.1, 0.15) is 17.0 Å². The monoisotopic (exact) mass is 571 g/mol. The summed E-state index contributed by atoms with van der Waals surface area (Å²) in [7, 11) is -1.80. The van der Waals surface area contributed by atoms with E-state index in [1.54, 1.807) is 0 Å². The predicted octanol–water partition coefficient (Wildman–Crippen LogP) is 7.32. The molecule has 0 fully saturated rings. The SMILES string of the molecule is CCCCCc1ccc2c(c1)OC(C)(C)C(CCC(=O)O)(O[Si](c1ccccc1)c1ccccc1)C2(C)C(C)(C)C. The van der Waals surface area contributed by atoms with Crippen molar-refractivity contribution >= 4 is 25.4 Å². The maximum atomic E-state index is 12.2. The van der Waals surface area contributed by atoms with Crippen LogP contribution in [0.25, 0.3) is 0 Å². The average molecular weight is 572 g/mol. The summed E-state index contributed by atoms with van der Waals surface area (Å²) in [6.45, 7) is 15.5. The molecular formula is C36H47O4Si. The van der Waals surface area contributed by atoms with Crippen molar-refractivity contribution in [3.63, 3.8) is 0 Å². The smallest absolute Gasteiger partial charge is 0.303 e. The van der Waals surface area contributed by atoms with Crippen LogP contribution in [-0.2, 0) is 21.1 Å². The highest BCUT2D eigenvalue weighted by atomic mass is 28.3. The van der Waals surface area contributed by atoms with Crippen LogP contribution in [0.1, 0.15) is 91.7 Å². The minimum absolute atomic E-state index is 0.0123. The molecule has 0 saturated heterocycles. The first kappa shape index (κ1) is 31.1. The molecule has 0 amide bonds. The normalized spacial score (nSPS) is 21.8. The molecule has 1 aliphatic rings. The Bertz CT molecular complexity index is 1270. The fraction of sp³-hybridized carbons (Fsp3) is 0.472. The number of aryl methyl sites for hydroxylation is 1. The van der Waals surface area contributed by atoms with Crippen molar-refractivity contribution in [3.8, 4) is 5.75 Å². The molecule has 2 unspecified atom stereocenters. The van der Waals surface area contributed by atoms with Crippen molar-refractivity contribution in [1.29, 1.82) is 0 Å². The van der Waals surface area contributed by atoms with E-state index in [-0.39, 0.29) is 11.8 Å². The van der Waals surface area contributed by atoms with Crippen LogP contribution in [0.4, 0.5) is 0 Å². The van der Waals surface area contributed by atoms with Gasteiger partial charge in [-0.05, 0) is 60.5 Å². The van der Waals surface area contributed by atoms with E-state index < -0.39 is 31.6 Å². The minimum atomic E-state index is -1.80. The molecular weight excluding hydrogens is 524 g/mol. The number of hydrogen-bond donors (Lipinski definition) is 1. The second-order valence-electron chi connectivity index (χ2n) is 13.2. The van der Waals surface area contributed by atoms with Gasteiger partial charge in [-0.25, -0.2) is 0 Å². The summed E-state index contributed by atoms with van der Waals surface area (Å²) in [6.07, 6.45) is 4.88. The zero-order valence-corrected chi connectivity index (χ0v) is 26.9. The van der Waals surface area contributed by atoms with Crippen LogP contribution in [0.15, 0.2) is 78.9 Å². The highest BCUT2D eigenvalue weighted by Crippen LogP contribution is 2.62. The van der Waals surface area contributed by atoms with Crippen molar-refractivity contribution in [1.82, 2.24) is 0 Å². The number of rotatable bonds is 11. The van der Waals surface area contributed by atoms with Gasteiger partial charge in [0.05, 0.1) is 0 Å². The highest BCUT2D eigenvalue weighted by molar-refractivity contribution is 6.80. The van der Waals surface area contributed by atoms with Crippen LogP contribution in [0, 0.1) is 5.41 Å². The summed E-state index contributed by atoms with van der Waals surface area (Å²) in [4.78, 5) is 12.2. The van der Waals surface area contributed by atoms with E-state index in [1.165, 1.54) is 18.4 Å². The van der Waals surface area contributed by atoms with Gasteiger partial charge in [-0.2, -0.15) is 0 Å². The lowest BCUT2D eigenvalue weighted by Gasteiger charge is -2.65. The zero-order valence-electron chi connectivity index (χ0n) is 25.9. The number of carboxylic acids is 1. The predicted molar refractivity (Wildman–Crippen MR) is 170 cm³/mol. The van der Waals surface area contributed by atoms with E-state index in [1.807, 2.05) is 12.1 Å². The third-order valence-corrected chi connectivity index (χ3v) is 11.6. The van der Waals surface area contributed by atoms with Crippen LogP contribution >= 0.6 is 0 Å². The summed E-state index contributed by atoms with van der Waals surface area (Å²) >= 11 is 0. The molecule has 0 aromatic heterocycles. The van der Waals surface area contributed by atoms with Gasteiger partial charge >= 0.3 is 5.97 Å². The quantitative estimate of drug-likeness (QED) is 0.194. The van der Waals surface area contributed by atoms with Crippen LogP contribution in [0.3, 0.4) is 0 Å². The van der Waals surface area contributed by atoms with E-state index in [0.717, 1.165) is 34.5 Å². The molecule has 0 saturated carbocycles. The van der Waals surface area contributed by atoms with Crippen molar-refractivity contribution in [2.45, 2.75) is 104 Å².